The van der Waals surface area contributed by atoms with Gasteiger partial charge in [0, 0.05) is 26.8 Å². The number of aliphatic carboxylic acids is 1. The first-order valence-corrected chi connectivity index (χ1v) is 6.34. The molecule has 0 bridgehead atoms. The van der Waals surface area contributed by atoms with Gasteiger partial charge in [-0.05, 0) is 25.2 Å². The topological polar surface area (TPSA) is 78.9 Å². The molecule has 6 nitrogen and oxygen atoms in total. The number of urea groups is 1. The summed E-state index contributed by atoms with van der Waals surface area (Å²) in [6.07, 6.45) is 2.46. The van der Waals surface area contributed by atoms with Crippen molar-refractivity contribution in [1.82, 2.24) is 10.2 Å². The van der Waals surface area contributed by atoms with Crippen molar-refractivity contribution in [3.63, 3.8) is 0 Å². The minimum atomic E-state index is -0.922. The van der Waals surface area contributed by atoms with Gasteiger partial charge in [0.15, 0.2) is 0 Å². The van der Waals surface area contributed by atoms with Crippen LogP contribution in [-0.2, 0) is 9.53 Å². The van der Waals surface area contributed by atoms with Crippen molar-refractivity contribution in [2.45, 2.75) is 32.2 Å². The molecule has 0 spiro atoms. The Morgan fingerprint density at radius 1 is 1.44 bits per heavy atom. The number of amides is 2. The van der Waals surface area contributed by atoms with Crippen molar-refractivity contribution < 1.29 is 19.4 Å². The third-order valence-corrected chi connectivity index (χ3v) is 3.27. The van der Waals surface area contributed by atoms with E-state index in [1.54, 1.807) is 7.11 Å². The Labute approximate surface area is 107 Å². The Hall–Kier alpha value is -1.30. The molecule has 1 rings (SSSR count). The molecule has 18 heavy (non-hydrogen) atoms. The van der Waals surface area contributed by atoms with Crippen LogP contribution < -0.4 is 5.32 Å². The van der Waals surface area contributed by atoms with Crippen LogP contribution >= 0.6 is 0 Å². The van der Waals surface area contributed by atoms with Crippen LogP contribution in [0.2, 0.25) is 0 Å². The van der Waals surface area contributed by atoms with E-state index in [-0.39, 0.29) is 11.9 Å². The average Bonchev–Trinajstić information content (AvgIpc) is 2.70. The Morgan fingerprint density at radius 3 is 2.78 bits per heavy atom. The average molecular weight is 258 g/mol. The number of rotatable bonds is 6. The fourth-order valence-corrected chi connectivity index (χ4v) is 2.22. The lowest BCUT2D eigenvalue weighted by Crippen LogP contribution is -2.47. The predicted molar refractivity (Wildman–Crippen MR) is 66.4 cm³/mol. The molecule has 0 aliphatic carbocycles. The maximum Gasteiger partial charge on any atom is 0.326 e. The largest absolute Gasteiger partial charge is 0.480 e. The number of carboxylic acids is 1. The Balaban J connectivity index is 2.34. The maximum atomic E-state index is 11.9. The van der Waals surface area contributed by atoms with E-state index in [0.717, 1.165) is 19.3 Å². The van der Waals surface area contributed by atoms with E-state index in [1.165, 1.54) is 4.90 Å². The van der Waals surface area contributed by atoms with Crippen molar-refractivity contribution in [1.29, 1.82) is 0 Å². The van der Waals surface area contributed by atoms with E-state index >= 15 is 0 Å². The molecule has 0 radical (unpaired) electrons. The van der Waals surface area contributed by atoms with Gasteiger partial charge in [-0.15, -0.1) is 0 Å². The summed E-state index contributed by atoms with van der Waals surface area (Å²) in [4.78, 5) is 24.4. The molecule has 2 amide bonds. The summed E-state index contributed by atoms with van der Waals surface area (Å²) in [6.45, 7) is 3.61. The van der Waals surface area contributed by atoms with E-state index < -0.39 is 12.0 Å². The molecule has 1 heterocycles. The molecule has 0 aromatic carbocycles. The minimum Gasteiger partial charge on any atom is -0.480 e. The van der Waals surface area contributed by atoms with Gasteiger partial charge in [-0.2, -0.15) is 0 Å². The number of carboxylic acid groups (broad SMARTS) is 1. The second kappa shape index (κ2) is 7.20. The summed E-state index contributed by atoms with van der Waals surface area (Å²) in [6, 6.07) is -0.965. The van der Waals surface area contributed by atoms with Crippen molar-refractivity contribution >= 4 is 12.0 Å². The molecule has 2 N–H and O–H groups in total. The van der Waals surface area contributed by atoms with Gasteiger partial charge < -0.3 is 20.1 Å². The summed E-state index contributed by atoms with van der Waals surface area (Å²) in [5, 5.41) is 11.9. The standard InChI is InChI=1S/C12H22N2O4/c1-9-5-7-14(10(9)11(15)16)12(17)13-6-3-4-8-18-2/h9-10H,3-8H2,1-2H3,(H,13,17)(H,15,16). The van der Waals surface area contributed by atoms with Crippen LogP contribution in [0.4, 0.5) is 4.79 Å². The zero-order valence-corrected chi connectivity index (χ0v) is 11.0. The Morgan fingerprint density at radius 2 is 2.17 bits per heavy atom. The van der Waals surface area contributed by atoms with Crippen LogP contribution in [-0.4, -0.2) is 54.9 Å². The number of nitrogens with zero attached hydrogens (tertiary/aromatic N) is 1. The molecule has 1 aliphatic rings. The number of ether oxygens (including phenoxy) is 1. The van der Waals surface area contributed by atoms with Crippen molar-refractivity contribution in [2.24, 2.45) is 5.92 Å². The first-order chi connectivity index (χ1) is 8.57. The number of nitrogens with one attached hydrogen (secondary N) is 1. The van der Waals surface area contributed by atoms with Crippen LogP contribution in [0.5, 0.6) is 0 Å². The van der Waals surface area contributed by atoms with E-state index in [9.17, 15) is 9.59 Å². The molecular weight excluding hydrogens is 236 g/mol. The molecular formula is C12H22N2O4. The summed E-state index contributed by atoms with van der Waals surface area (Å²) in [7, 11) is 1.64. The van der Waals surface area contributed by atoms with Gasteiger partial charge in [0.05, 0.1) is 0 Å². The zero-order valence-electron chi connectivity index (χ0n) is 11.0. The van der Waals surface area contributed by atoms with Gasteiger partial charge in [0.1, 0.15) is 6.04 Å². The van der Waals surface area contributed by atoms with Crippen LogP contribution in [0.25, 0.3) is 0 Å². The van der Waals surface area contributed by atoms with Crippen LogP contribution in [0.1, 0.15) is 26.2 Å². The van der Waals surface area contributed by atoms with Gasteiger partial charge in [0.2, 0.25) is 0 Å². The highest BCUT2D eigenvalue weighted by Gasteiger charge is 2.39. The van der Waals surface area contributed by atoms with E-state index in [4.69, 9.17) is 9.84 Å². The molecule has 1 fully saturated rings. The highest BCUT2D eigenvalue weighted by atomic mass is 16.5. The number of likely N-dealkylation sites (tertiary alicyclic amines) is 1. The predicted octanol–water partition coefficient (Wildman–Crippen LogP) is 0.918. The normalized spacial score (nSPS) is 23.1. The molecule has 0 saturated carbocycles. The van der Waals surface area contributed by atoms with Crippen LogP contribution in [0.15, 0.2) is 0 Å². The third kappa shape index (κ3) is 3.87. The van der Waals surface area contributed by atoms with Crippen LogP contribution in [0.3, 0.4) is 0 Å². The number of carbonyl (C=O) groups excluding carboxylic acids is 1. The quantitative estimate of drug-likeness (QED) is 0.694. The summed E-state index contributed by atoms with van der Waals surface area (Å²) < 4.78 is 4.91. The Kier molecular flexibility index (Phi) is 5.91. The van der Waals surface area contributed by atoms with Gasteiger partial charge in [-0.3, -0.25) is 0 Å². The molecule has 2 atom stereocenters. The lowest BCUT2D eigenvalue weighted by Gasteiger charge is -2.23. The number of carbonyl (C=O) groups is 2. The number of methoxy groups -OCH3 is 1. The van der Waals surface area contributed by atoms with Gasteiger partial charge in [-0.1, -0.05) is 6.92 Å². The number of hydrogen-bond donors (Lipinski definition) is 2. The van der Waals surface area contributed by atoms with Crippen molar-refractivity contribution in [2.75, 3.05) is 26.8 Å². The van der Waals surface area contributed by atoms with Gasteiger partial charge in [0.25, 0.3) is 0 Å². The number of unbranched alkanes of at least 4 members (excludes halogenated alkanes) is 1. The SMILES string of the molecule is COCCCCNC(=O)N1CCC(C)C1C(=O)O. The van der Waals surface area contributed by atoms with E-state index in [0.29, 0.717) is 19.7 Å². The van der Waals surface area contributed by atoms with Crippen molar-refractivity contribution in [3.8, 4) is 0 Å². The minimum absolute atomic E-state index is 0.0155. The molecule has 1 aliphatic heterocycles. The highest BCUT2D eigenvalue weighted by Crippen LogP contribution is 2.23. The third-order valence-electron chi connectivity index (χ3n) is 3.27. The molecule has 104 valence electrons. The first kappa shape index (κ1) is 14.8. The zero-order chi connectivity index (χ0) is 13.5. The van der Waals surface area contributed by atoms with Gasteiger partial charge >= 0.3 is 12.0 Å². The molecule has 6 heteroatoms. The number of hydrogen-bond acceptors (Lipinski definition) is 3. The Bertz CT molecular complexity index is 296. The van der Waals surface area contributed by atoms with Crippen LogP contribution in [0, 0.1) is 5.92 Å². The molecule has 0 aromatic rings. The lowest BCUT2D eigenvalue weighted by molar-refractivity contribution is -0.142. The summed E-state index contributed by atoms with van der Waals surface area (Å²) in [5.41, 5.74) is 0. The second-order valence-corrected chi connectivity index (χ2v) is 4.67. The van der Waals surface area contributed by atoms with Crippen molar-refractivity contribution in [3.05, 3.63) is 0 Å². The molecule has 0 aromatic heterocycles. The fourth-order valence-electron chi connectivity index (χ4n) is 2.22. The molecule has 2 unspecified atom stereocenters. The monoisotopic (exact) mass is 258 g/mol. The fraction of sp³-hybridized carbons (Fsp3) is 0.833. The lowest BCUT2D eigenvalue weighted by atomic mass is 10.0. The maximum absolute atomic E-state index is 11.9. The van der Waals surface area contributed by atoms with E-state index in [1.807, 2.05) is 6.92 Å². The smallest absolute Gasteiger partial charge is 0.326 e. The van der Waals surface area contributed by atoms with Gasteiger partial charge in [-0.25, -0.2) is 9.59 Å². The first-order valence-electron chi connectivity index (χ1n) is 6.34. The summed E-state index contributed by atoms with van der Waals surface area (Å²) >= 11 is 0. The molecule has 1 saturated heterocycles. The highest BCUT2D eigenvalue weighted by molar-refractivity contribution is 5.83. The summed E-state index contributed by atoms with van der Waals surface area (Å²) in [5.74, 6) is -0.906. The second-order valence-electron chi connectivity index (χ2n) is 4.67. The van der Waals surface area contributed by atoms with E-state index in [2.05, 4.69) is 5.32 Å².